The van der Waals surface area contributed by atoms with Gasteiger partial charge in [0, 0.05) is 23.0 Å². The molecule has 0 aromatic heterocycles. The van der Waals surface area contributed by atoms with Gasteiger partial charge in [-0.2, -0.15) is 0 Å². The number of carbonyl (C=O) groups excluding carboxylic acids is 2. The molecule has 20 heavy (non-hydrogen) atoms. The van der Waals surface area contributed by atoms with Crippen molar-refractivity contribution in [3.8, 4) is 0 Å². The molecule has 1 aliphatic heterocycles. The SMILES string of the molecule is CC(C)N(CCO)C(=O)c1ccc2c(c1)NC(=O)CS2. The topological polar surface area (TPSA) is 69.6 Å². The van der Waals surface area contributed by atoms with Gasteiger partial charge in [-0.15, -0.1) is 11.8 Å². The molecule has 2 N–H and O–H groups in total. The normalized spacial score (nSPS) is 13.9. The minimum atomic E-state index is -0.137. The number of rotatable bonds is 4. The Hall–Kier alpha value is -1.53. The fourth-order valence-electron chi connectivity index (χ4n) is 2.08. The van der Waals surface area contributed by atoms with Gasteiger partial charge in [-0.05, 0) is 32.0 Å². The van der Waals surface area contributed by atoms with Crippen LogP contribution in [0.15, 0.2) is 23.1 Å². The van der Waals surface area contributed by atoms with E-state index >= 15 is 0 Å². The first kappa shape index (κ1) is 14.9. The molecule has 1 aliphatic rings. The molecular weight excluding hydrogens is 276 g/mol. The van der Waals surface area contributed by atoms with Gasteiger partial charge in [0.05, 0.1) is 18.0 Å². The number of nitrogens with zero attached hydrogens (tertiary/aromatic N) is 1. The summed E-state index contributed by atoms with van der Waals surface area (Å²) >= 11 is 1.47. The van der Waals surface area contributed by atoms with E-state index in [-0.39, 0.29) is 24.5 Å². The Labute approximate surface area is 122 Å². The average Bonchev–Trinajstić information content (AvgIpc) is 2.42. The maximum absolute atomic E-state index is 12.4. The second kappa shape index (κ2) is 6.28. The molecule has 2 rings (SSSR count). The molecule has 0 saturated heterocycles. The van der Waals surface area contributed by atoms with Gasteiger partial charge in [-0.3, -0.25) is 9.59 Å². The van der Waals surface area contributed by atoms with Crippen LogP contribution < -0.4 is 5.32 Å². The van der Waals surface area contributed by atoms with Crippen molar-refractivity contribution in [1.82, 2.24) is 4.90 Å². The molecule has 0 unspecified atom stereocenters. The van der Waals surface area contributed by atoms with Crippen molar-refractivity contribution in [2.75, 3.05) is 24.2 Å². The largest absolute Gasteiger partial charge is 0.395 e. The van der Waals surface area contributed by atoms with Gasteiger partial charge in [0.2, 0.25) is 5.91 Å². The zero-order valence-electron chi connectivity index (χ0n) is 11.5. The van der Waals surface area contributed by atoms with Crippen LogP contribution in [-0.4, -0.2) is 46.8 Å². The maximum atomic E-state index is 12.4. The van der Waals surface area contributed by atoms with Crippen molar-refractivity contribution in [2.45, 2.75) is 24.8 Å². The first-order valence-corrected chi connectivity index (χ1v) is 7.50. The molecule has 0 spiro atoms. The second-order valence-corrected chi connectivity index (χ2v) is 5.88. The highest BCUT2D eigenvalue weighted by atomic mass is 32.2. The van der Waals surface area contributed by atoms with E-state index in [2.05, 4.69) is 5.32 Å². The molecule has 0 saturated carbocycles. The average molecular weight is 294 g/mol. The Morgan fingerprint density at radius 1 is 1.50 bits per heavy atom. The summed E-state index contributed by atoms with van der Waals surface area (Å²) in [6.07, 6.45) is 0. The fourth-order valence-corrected chi connectivity index (χ4v) is 2.87. The van der Waals surface area contributed by atoms with E-state index in [0.717, 1.165) is 4.90 Å². The van der Waals surface area contributed by atoms with Crippen molar-refractivity contribution >= 4 is 29.3 Å². The predicted octanol–water partition coefficient (Wildman–Crippen LogP) is 1.57. The van der Waals surface area contributed by atoms with Crippen molar-refractivity contribution in [2.24, 2.45) is 0 Å². The molecule has 5 nitrogen and oxygen atoms in total. The van der Waals surface area contributed by atoms with Crippen molar-refractivity contribution < 1.29 is 14.7 Å². The van der Waals surface area contributed by atoms with Gasteiger partial charge in [-0.25, -0.2) is 0 Å². The van der Waals surface area contributed by atoms with Crippen LogP contribution in [0.25, 0.3) is 0 Å². The van der Waals surface area contributed by atoms with Gasteiger partial charge >= 0.3 is 0 Å². The Kier molecular flexibility index (Phi) is 4.67. The van der Waals surface area contributed by atoms with Crippen molar-refractivity contribution in [3.05, 3.63) is 23.8 Å². The lowest BCUT2D eigenvalue weighted by molar-refractivity contribution is -0.113. The standard InChI is InChI=1S/C14H18N2O3S/c1-9(2)16(5-6-17)14(19)10-3-4-12-11(7-10)15-13(18)8-20-12/h3-4,7,9,17H,5-6,8H2,1-2H3,(H,15,18). The Morgan fingerprint density at radius 2 is 2.25 bits per heavy atom. The number of benzene rings is 1. The lowest BCUT2D eigenvalue weighted by atomic mass is 10.1. The summed E-state index contributed by atoms with van der Waals surface area (Å²) in [5.41, 5.74) is 1.21. The molecule has 6 heteroatoms. The van der Waals surface area contributed by atoms with Crippen LogP contribution in [0.2, 0.25) is 0 Å². The van der Waals surface area contributed by atoms with Crippen LogP contribution in [0.1, 0.15) is 24.2 Å². The number of carbonyl (C=O) groups is 2. The van der Waals surface area contributed by atoms with Crippen LogP contribution in [0, 0.1) is 0 Å². The quantitative estimate of drug-likeness (QED) is 0.884. The molecule has 0 radical (unpaired) electrons. The lowest BCUT2D eigenvalue weighted by Gasteiger charge is -2.26. The van der Waals surface area contributed by atoms with E-state index in [9.17, 15) is 9.59 Å². The van der Waals surface area contributed by atoms with E-state index in [1.807, 2.05) is 19.9 Å². The van der Waals surface area contributed by atoms with Gasteiger partial charge < -0.3 is 15.3 Å². The number of aliphatic hydroxyl groups excluding tert-OH is 1. The van der Waals surface area contributed by atoms with Crippen LogP contribution in [-0.2, 0) is 4.79 Å². The number of hydrogen-bond acceptors (Lipinski definition) is 4. The van der Waals surface area contributed by atoms with Crippen molar-refractivity contribution in [1.29, 1.82) is 0 Å². The zero-order valence-corrected chi connectivity index (χ0v) is 12.4. The summed E-state index contributed by atoms with van der Waals surface area (Å²) in [7, 11) is 0. The number of thioether (sulfide) groups is 1. The third-order valence-electron chi connectivity index (χ3n) is 3.08. The van der Waals surface area contributed by atoms with E-state index in [1.54, 1.807) is 17.0 Å². The minimum Gasteiger partial charge on any atom is -0.395 e. The predicted molar refractivity (Wildman–Crippen MR) is 79.1 cm³/mol. The summed E-state index contributed by atoms with van der Waals surface area (Å²) in [5.74, 6) is 0.216. The fraction of sp³-hybridized carbons (Fsp3) is 0.429. The monoisotopic (exact) mass is 294 g/mol. The van der Waals surface area contributed by atoms with E-state index < -0.39 is 0 Å². The number of fused-ring (bicyclic) bond motifs is 1. The number of amides is 2. The lowest BCUT2D eigenvalue weighted by Crippen LogP contribution is -2.39. The molecule has 0 aliphatic carbocycles. The van der Waals surface area contributed by atoms with E-state index in [0.29, 0.717) is 23.5 Å². The van der Waals surface area contributed by atoms with Crippen molar-refractivity contribution in [3.63, 3.8) is 0 Å². The molecule has 1 aromatic rings. The highest BCUT2D eigenvalue weighted by Gasteiger charge is 2.21. The molecule has 0 fully saturated rings. The minimum absolute atomic E-state index is 0.00893. The van der Waals surface area contributed by atoms with Gasteiger partial charge in [0.1, 0.15) is 0 Å². The van der Waals surface area contributed by atoms with Crippen LogP contribution in [0.3, 0.4) is 0 Å². The molecule has 1 aromatic carbocycles. The molecule has 2 amide bonds. The second-order valence-electron chi connectivity index (χ2n) is 4.86. The van der Waals surface area contributed by atoms with Gasteiger partial charge in [-0.1, -0.05) is 0 Å². The number of anilines is 1. The molecule has 1 heterocycles. The van der Waals surface area contributed by atoms with E-state index in [1.165, 1.54) is 11.8 Å². The number of nitrogens with one attached hydrogen (secondary N) is 1. The summed E-state index contributed by atoms with van der Waals surface area (Å²) < 4.78 is 0. The Balaban J connectivity index is 2.26. The van der Waals surface area contributed by atoms with Gasteiger partial charge in [0.25, 0.3) is 5.91 Å². The maximum Gasteiger partial charge on any atom is 0.254 e. The summed E-state index contributed by atoms with van der Waals surface area (Å²) in [6.45, 7) is 4.04. The van der Waals surface area contributed by atoms with Crippen LogP contribution in [0.4, 0.5) is 5.69 Å². The molecule has 0 bridgehead atoms. The van der Waals surface area contributed by atoms with E-state index in [4.69, 9.17) is 5.11 Å². The third-order valence-corrected chi connectivity index (χ3v) is 4.16. The van der Waals surface area contributed by atoms with Crippen LogP contribution in [0.5, 0.6) is 0 Å². The molecule has 108 valence electrons. The first-order chi connectivity index (χ1) is 9.52. The highest BCUT2D eigenvalue weighted by Crippen LogP contribution is 2.32. The first-order valence-electron chi connectivity index (χ1n) is 6.51. The summed E-state index contributed by atoms with van der Waals surface area (Å²) in [6, 6.07) is 5.33. The third kappa shape index (κ3) is 3.13. The van der Waals surface area contributed by atoms with Crippen LogP contribution >= 0.6 is 11.8 Å². The summed E-state index contributed by atoms with van der Waals surface area (Å²) in [5, 5.41) is 11.8. The van der Waals surface area contributed by atoms with Gasteiger partial charge in [0.15, 0.2) is 0 Å². The summed E-state index contributed by atoms with van der Waals surface area (Å²) in [4.78, 5) is 26.4. The zero-order chi connectivity index (χ0) is 14.7. The smallest absolute Gasteiger partial charge is 0.254 e. The highest BCUT2D eigenvalue weighted by molar-refractivity contribution is 8.00. The number of aliphatic hydroxyl groups is 1. The number of hydrogen-bond donors (Lipinski definition) is 2. The molecular formula is C14H18N2O3S. The Morgan fingerprint density at radius 3 is 2.90 bits per heavy atom. The Bertz CT molecular complexity index is 531. The molecule has 0 atom stereocenters.